The van der Waals surface area contributed by atoms with Crippen LogP contribution < -0.4 is 4.74 Å². The van der Waals surface area contributed by atoms with Gasteiger partial charge in [-0.2, -0.15) is 5.26 Å². The Labute approximate surface area is 151 Å². The maximum atomic E-state index is 12.0. The predicted octanol–water partition coefficient (Wildman–Crippen LogP) is 1.96. The average Bonchev–Trinajstić information content (AvgIpc) is 3.37. The predicted molar refractivity (Wildman–Crippen MR) is 92.1 cm³/mol. The number of aliphatic hydroxyl groups is 1. The zero-order valence-electron chi connectivity index (χ0n) is 15.2. The van der Waals surface area contributed by atoms with Gasteiger partial charge in [-0.25, -0.2) is 5.01 Å². The largest absolute Gasteiger partial charge is 0.484 e. The van der Waals surface area contributed by atoms with E-state index >= 15 is 0 Å². The van der Waals surface area contributed by atoms with Crippen molar-refractivity contribution >= 4 is 11.8 Å². The van der Waals surface area contributed by atoms with Gasteiger partial charge in [-0.05, 0) is 45.4 Å². The molecule has 0 unspecified atom stereocenters. The average molecular weight is 355 g/mol. The summed E-state index contributed by atoms with van der Waals surface area (Å²) in [5, 5.41) is 26.1. The second-order valence-electron chi connectivity index (χ2n) is 7.87. The zero-order valence-corrected chi connectivity index (χ0v) is 15.2. The first kappa shape index (κ1) is 16.9. The van der Waals surface area contributed by atoms with E-state index in [0.29, 0.717) is 29.2 Å². The molecule has 1 amide bonds. The minimum absolute atomic E-state index is 0.00594. The molecular weight excluding hydrogens is 334 g/mol. The van der Waals surface area contributed by atoms with Crippen LogP contribution in [0.4, 0.5) is 0 Å². The van der Waals surface area contributed by atoms with E-state index in [1.165, 1.54) is 5.01 Å². The maximum absolute atomic E-state index is 12.0. The Morgan fingerprint density at radius 3 is 2.81 bits per heavy atom. The summed E-state index contributed by atoms with van der Waals surface area (Å²) in [6.45, 7) is 5.24. The van der Waals surface area contributed by atoms with Crippen molar-refractivity contribution in [1.29, 1.82) is 5.26 Å². The van der Waals surface area contributed by atoms with Gasteiger partial charge in [-0.15, -0.1) is 5.10 Å². The number of carbonyl (C=O) groups excluding carboxylic acids is 1. The van der Waals surface area contributed by atoms with Gasteiger partial charge >= 0.3 is 0 Å². The summed E-state index contributed by atoms with van der Waals surface area (Å²) >= 11 is 0. The number of hydrazone groups is 1. The summed E-state index contributed by atoms with van der Waals surface area (Å²) in [5.74, 6) is 0.888. The van der Waals surface area contributed by atoms with Gasteiger partial charge in [0, 0.05) is 18.5 Å². The van der Waals surface area contributed by atoms with Crippen LogP contribution in [0.2, 0.25) is 0 Å². The first-order chi connectivity index (χ1) is 12.2. The molecule has 26 heavy (non-hydrogen) atoms. The van der Waals surface area contributed by atoms with Crippen LogP contribution >= 0.6 is 0 Å². The van der Waals surface area contributed by atoms with Gasteiger partial charge < -0.3 is 14.6 Å². The molecule has 7 nitrogen and oxygen atoms in total. The Balaban J connectivity index is 1.77. The van der Waals surface area contributed by atoms with Crippen LogP contribution in [0.25, 0.3) is 0 Å². The number of amides is 1. The van der Waals surface area contributed by atoms with E-state index in [4.69, 9.17) is 9.47 Å². The second-order valence-corrected chi connectivity index (χ2v) is 7.87. The normalized spacial score (nSPS) is 34.0. The highest BCUT2D eigenvalue weighted by molar-refractivity contribution is 5.96. The fraction of sp³-hybridized carbons (Fsp3) is 0.526. The topological polar surface area (TPSA) is 95.2 Å². The maximum Gasteiger partial charge on any atom is 0.246 e. The van der Waals surface area contributed by atoms with Gasteiger partial charge in [0.25, 0.3) is 0 Å². The van der Waals surface area contributed by atoms with Gasteiger partial charge in [-0.1, -0.05) is 0 Å². The summed E-state index contributed by atoms with van der Waals surface area (Å²) < 4.78 is 12.2. The summed E-state index contributed by atoms with van der Waals surface area (Å²) in [6, 6.07) is 7.17. The monoisotopic (exact) mass is 355 g/mol. The lowest BCUT2D eigenvalue weighted by Gasteiger charge is -2.49. The molecule has 0 bridgehead atoms. The summed E-state index contributed by atoms with van der Waals surface area (Å²) in [7, 11) is 1.61. The SMILES string of the molecule is CN1N=C(O[C@H]2c3cc(C#N)ccc3OC(C)(C)[C@]2(C)O)[C@H]2C[C@H]2C1=O. The molecule has 136 valence electrons. The lowest BCUT2D eigenvalue weighted by atomic mass is 9.77. The number of rotatable bonds is 1. The zero-order chi connectivity index (χ0) is 18.9. The number of hydrogen-bond acceptors (Lipinski definition) is 6. The smallest absolute Gasteiger partial charge is 0.246 e. The quantitative estimate of drug-likeness (QED) is 0.831. The highest BCUT2D eigenvalue weighted by atomic mass is 16.6. The van der Waals surface area contributed by atoms with Crippen molar-refractivity contribution in [3.63, 3.8) is 0 Å². The van der Waals surface area contributed by atoms with E-state index in [9.17, 15) is 15.2 Å². The van der Waals surface area contributed by atoms with E-state index in [2.05, 4.69) is 11.2 Å². The van der Waals surface area contributed by atoms with Gasteiger partial charge in [0.2, 0.25) is 11.8 Å². The van der Waals surface area contributed by atoms with Crippen LogP contribution in [-0.4, -0.2) is 40.2 Å². The third-order valence-corrected chi connectivity index (χ3v) is 5.75. The highest BCUT2D eigenvalue weighted by Gasteiger charge is 2.57. The van der Waals surface area contributed by atoms with Gasteiger partial charge in [0.05, 0.1) is 17.6 Å². The third-order valence-electron chi connectivity index (χ3n) is 5.75. The molecule has 1 aromatic carbocycles. The molecule has 1 N–H and O–H groups in total. The molecule has 1 aliphatic carbocycles. The van der Waals surface area contributed by atoms with Crippen LogP contribution in [0.1, 0.15) is 44.4 Å². The lowest BCUT2D eigenvalue weighted by molar-refractivity contribution is -0.179. The van der Waals surface area contributed by atoms with Crippen LogP contribution in [0, 0.1) is 23.2 Å². The number of carbonyl (C=O) groups is 1. The number of benzene rings is 1. The standard InChI is InChI=1S/C19H21N3O4/c1-18(2)19(3,24)15(13-7-10(9-20)5-6-14(13)26-18)25-16-11-8-12(11)17(23)22(4)21-16/h5-7,11-12,15,24H,8H2,1-4H3/t11-,12+,15-,19+/m0/s1. The van der Waals surface area contributed by atoms with Crippen molar-refractivity contribution in [2.75, 3.05) is 7.05 Å². The fourth-order valence-electron chi connectivity index (χ4n) is 3.57. The van der Waals surface area contributed by atoms with Crippen LogP contribution in [0.15, 0.2) is 23.3 Å². The molecule has 3 aliphatic rings. The molecule has 1 aromatic rings. The molecule has 2 aliphatic heterocycles. The van der Waals surface area contributed by atoms with E-state index in [0.717, 1.165) is 0 Å². The molecule has 0 spiro atoms. The van der Waals surface area contributed by atoms with Gasteiger partial charge in [0.1, 0.15) is 17.0 Å². The Kier molecular flexibility index (Phi) is 3.38. The van der Waals surface area contributed by atoms with Crippen molar-refractivity contribution in [2.45, 2.75) is 44.5 Å². The molecule has 2 heterocycles. The van der Waals surface area contributed by atoms with E-state index < -0.39 is 17.3 Å². The molecule has 1 saturated carbocycles. The minimum atomic E-state index is -1.37. The molecule has 0 saturated heterocycles. The number of nitrogens with zero attached hydrogens (tertiary/aromatic N) is 3. The summed E-state index contributed by atoms with van der Waals surface area (Å²) in [6.07, 6.45) is -0.0573. The number of hydrogen-bond donors (Lipinski definition) is 1. The number of ether oxygens (including phenoxy) is 2. The van der Waals surface area contributed by atoms with Crippen molar-refractivity contribution in [2.24, 2.45) is 16.9 Å². The van der Waals surface area contributed by atoms with Crippen LogP contribution in [-0.2, 0) is 9.53 Å². The molecule has 4 rings (SSSR count). The minimum Gasteiger partial charge on any atom is -0.484 e. The Bertz CT molecular complexity index is 868. The Hall–Kier alpha value is -2.59. The third kappa shape index (κ3) is 2.29. The van der Waals surface area contributed by atoms with Crippen LogP contribution in [0.5, 0.6) is 5.75 Å². The molecule has 0 radical (unpaired) electrons. The molecule has 4 atom stereocenters. The van der Waals surface area contributed by atoms with Crippen molar-refractivity contribution in [3.05, 3.63) is 29.3 Å². The number of nitriles is 1. The lowest BCUT2D eigenvalue weighted by Crippen LogP contribution is -2.59. The molecule has 1 fully saturated rings. The van der Waals surface area contributed by atoms with Crippen molar-refractivity contribution in [1.82, 2.24) is 5.01 Å². The second kappa shape index (κ2) is 5.21. The Morgan fingerprint density at radius 2 is 2.12 bits per heavy atom. The van der Waals surface area contributed by atoms with Gasteiger partial charge in [0.15, 0.2) is 6.10 Å². The fourth-order valence-corrected chi connectivity index (χ4v) is 3.57. The van der Waals surface area contributed by atoms with E-state index in [-0.39, 0.29) is 17.7 Å². The van der Waals surface area contributed by atoms with Crippen molar-refractivity contribution in [3.8, 4) is 11.8 Å². The first-order valence-electron chi connectivity index (χ1n) is 8.64. The molecule has 0 aromatic heterocycles. The Morgan fingerprint density at radius 1 is 1.38 bits per heavy atom. The molecular formula is C19H21N3O4. The highest BCUT2D eigenvalue weighted by Crippen LogP contribution is 2.51. The van der Waals surface area contributed by atoms with Gasteiger partial charge in [-0.3, -0.25) is 4.79 Å². The van der Waals surface area contributed by atoms with Crippen molar-refractivity contribution < 1.29 is 19.4 Å². The summed E-state index contributed by atoms with van der Waals surface area (Å²) in [5.41, 5.74) is -1.23. The summed E-state index contributed by atoms with van der Waals surface area (Å²) in [4.78, 5) is 12.0. The number of fused-ring (bicyclic) bond motifs is 2. The first-order valence-corrected chi connectivity index (χ1v) is 8.64. The van der Waals surface area contributed by atoms with E-state index in [1.807, 2.05) is 0 Å². The van der Waals surface area contributed by atoms with Crippen LogP contribution in [0.3, 0.4) is 0 Å². The van der Waals surface area contributed by atoms with E-state index in [1.54, 1.807) is 46.0 Å². The molecule has 7 heteroatoms.